The van der Waals surface area contributed by atoms with E-state index >= 15 is 0 Å². The van der Waals surface area contributed by atoms with Crippen molar-refractivity contribution in [1.82, 2.24) is 0 Å². The zero-order chi connectivity index (χ0) is 19.2. The first-order chi connectivity index (χ1) is 13.0. The van der Waals surface area contributed by atoms with E-state index < -0.39 is 11.5 Å². The highest BCUT2D eigenvalue weighted by Crippen LogP contribution is 2.58. The molecule has 2 aromatic rings. The molecule has 0 aromatic heterocycles. The van der Waals surface area contributed by atoms with Crippen LogP contribution in [0.1, 0.15) is 24.0 Å². The lowest BCUT2D eigenvalue weighted by atomic mass is 9.70. The minimum Gasteiger partial charge on any atom is -0.498 e. The highest BCUT2D eigenvalue weighted by molar-refractivity contribution is 5.92. The predicted octanol–water partition coefficient (Wildman–Crippen LogP) is 3.66. The molecule has 2 bridgehead atoms. The molecule has 2 aliphatic carbocycles. The Hall–Kier alpha value is -2.59. The highest BCUT2D eigenvalue weighted by Gasteiger charge is 2.62. The number of carbonyl (C=O) groups is 1. The molecule has 0 amide bonds. The largest absolute Gasteiger partial charge is 0.498 e. The standard InChI is InChI=1S/C23H24O4/c1-14-18-13-19(27-3)23(25,16-10-7-11-17(12-16)26-2)21(22(18)24)20(14)15-8-5-4-6-9-15/h4-14,18,20-21,25H,1-3H3/t14-,18-,20-,21+,23-/m0/s1. The van der Waals surface area contributed by atoms with E-state index in [1.807, 2.05) is 54.6 Å². The molecule has 0 unspecified atom stereocenters. The van der Waals surface area contributed by atoms with Crippen molar-refractivity contribution in [2.24, 2.45) is 17.8 Å². The molecule has 2 aliphatic rings. The van der Waals surface area contributed by atoms with E-state index in [1.165, 1.54) is 0 Å². The summed E-state index contributed by atoms with van der Waals surface area (Å²) in [5.41, 5.74) is 0.155. The first kappa shape index (κ1) is 17.8. The normalized spacial score (nSPS) is 32.1. The van der Waals surface area contributed by atoms with Crippen LogP contribution >= 0.6 is 0 Å². The highest BCUT2D eigenvalue weighted by atomic mass is 16.5. The summed E-state index contributed by atoms with van der Waals surface area (Å²) in [6.07, 6.45) is 1.81. The monoisotopic (exact) mass is 364 g/mol. The molecule has 2 aromatic carbocycles. The molecule has 0 spiro atoms. The summed E-state index contributed by atoms with van der Waals surface area (Å²) in [6, 6.07) is 17.2. The average Bonchev–Trinajstić information content (AvgIpc) is 2.90. The van der Waals surface area contributed by atoms with Gasteiger partial charge in [-0.25, -0.2) is 0 Å². The van der Waals surface area contributed by atoms with Gasteiger partial charge in [0.25, 0.3) is 0 Å². The van der Waals surface area contributed by atoms with Crippen molar-refractivity contribution in [3.8, 4) is 5.75 Å². The van der Waals surface area contributed by atoms with Crippen molar-refractivity contribution >= 4 is 5.78 Å². The van der Waals surface area contributed by atoms with Gasteiger partial charge in [-0.05, 0) is 35.3 Å². The topological polar surface area (TPSA) is 55.8 Å². The summed E-state index contributed by atoms with van der Waals surface area (Å²) >= 11 is 0. The lowest BCUT2D eigenvalue weighted by molar-refractivity contribution is -0.135. The molecular formula is C23H24O4. The van der Waals surface area contributed by atoms with E-state index in [0.717, 1.165) is 5.56 Å². The second-order valence-corrected chi connectivity index (χ2v) is 7.43. The fraction of sp³-hybridized carbons (Fsp3) is 0.348. The van der Waals surface area contributed by atoms with E-state index in [-0.39, 0.29) is 23.5 Å². The molecule has 5 atom stereocenters. The summed E-state index contributed by atoms with van der Waals surface area (Å²) in [4.78, 5) is 13.3. The molecule has 4 heteroatoms. The van der Waals surface area contributed by atoms with Crippen molar-refractivity contribution in [2.45, 2.75) is 18.4 Å². The number of carbonyl (C=O) groups excluding carboxylic acids is 1. The summed E-state index contributed by atoms with van der Waals surface area (Å²) in [5.74, 6) is 0.276. The van der Waals surface area contributed by atoms with Crippen molar-refractivity contribution in [3.05, 3.63) is 77.6 Å². The number of ether oxygens (including phenoxy) is 2. The van der Waals surface area contributed by atoms with Crippen LogP contribution in [0.5, 0.6) is 5.75 Å². The van der Waals surface area contributed by atoms with Crippen LogP contribution in [0.3, 0.4) is 0 Å². The van der Waals surface area contributed by atoms with Crippen molar-refractivity contribution in [3.63, 3.8) is 0 Å². The molecule has 1 saturated carbocycles. The lowest BCUT2D eigenvalue weighted by Gasteiger charge is -2.39. The van der Waals surface area contributed by atoms with Crippen molar-refractivity contribution < 1.29 is 19.4 Å². The third-order valence-electron chi connectivity index (χ3n) is 6.20. The van der Waals surface area contributed by atoms with Crippen LogP contribution in [0.4, 0.5) is 0 Å². The molecule has 1 N–H and O–H groups in total. The van der Waals surface area contributed by atoms with Gasteiger partial charge in [0.2, 0.25) is 0 Å². The van der Waals surface area contributed by atoms with Gasteiger partial charge in [0.15, 0.2) is 5.60 Å². The average molecular weight is 364 g/mol. The summed E-state index contributed by atoms with van der Waals surface area (Å²) in [5, 5.41) is 12.0. The lowest BCUT2D eigenvalue weighted by Crippen LogP contribution is -2.45. The molecule has 4 rings (SSSR count). The predicted molar refractivity (Wildman–Crippen MR) is 102 cm³/mol. The van der Waals surface area contributed by atoms with Crippen LogP contribution < -0.4 is 4.74 Å². The number of hydrogen-bond donors (Lipinski definition) is 1. The van der Waals surface area contributed by atoms with E-state index in [4.69, 9.17) is 9.47 Å². The molecular weight excluding hydrogens is 340 g/mol. The molecule has 0 radical (unpaired) electrons. The fourth-order valence-corrected chi connectivity index (χ4v) is 4.89. The van der Waals surface area contributed by atoms with Gasteiger partial charge in [-0.15, -0.1) is 0 Å². The van der Waals surface area contributed by atoms with Crippen molar-refractivity contribution in [2.75, 3.05) is 14.2 Å². The number of methoxy groups -OCH3 is 2. The Morgan fingerprint density at radius 3 is 2.41 bits per heavy atom. The Morgan fingerprint density at radius 1 is 1.00 bits per heavy atom. The third-order valence-corrected chi connectivity index (χ3v) is 6.20. The van der Waals surface area contributed by atoms with Gasteiger partial charge >= 0.3 is 0 Å². The van der Waals surface area contributed by atoms with Gasteiger partial charge < -0.3 is 14.6 Å². The summed E-state index contributed by atoms with van der Waals surface area (Å²) < 4.78 is 11.0. The number of benzene rings is 2. The first-order valence-electron chi connectivity index (χ1n) is 9.24. The van der Waals surface area contributed by atoms with Gasteiger partial charge in [0, 0.05) is 11.8 Å². The second kappa shape index (κ2) is 6.54. The van der Waals surface area contributed by atoms with Crippen LogP contribution in [0.2, 0.25) is 0 Å². The number of aliphatic hydroxyl groups is 1. The smallest absolute Gasteiger partial charge is 0.156 e. The Labute approximate surface area is 159 Å². The van der Waals surface area contributed by atoms with E-state index in [0.29, 0.717) is 17.1 Å². The number of fused-ring (bicyclic) bond motifs is 2. The molecule has 0 saturated heterocycles. The number of rotatable bonds is 4. The maximum Gasteiger partial charge on any atom is 0.156 e. The second-order valence-electron chi connectivity index (χ2n) is 7.43. The van der Waals surface area contributed by atoms with E-state index in [2.05, 4.69) is 6.92 Å². The van der Waals surface area contributed by atoms with Gasteiger partial charge in [0.05, 0.1) is 20.1 Å². The van der Waals surface area contributed by atoms with Crippen LogP contribution in [0.25, 0.3) is 0 Å². The van der Waals surface area contributed by atoms with Crippen molar-refractivity contribution in [1.29, 1.82) is 0 Å². The van der Waals surface area contributed by atoms with E-state index in [1.54, 1.807) is 20.3 Å². The first-order valence-corrected chi connectivity index (χ1v) is 9.24. The van der Waals surface area contributed by atoms with Gasteiger partial charge in [-0.2, -0.15) is 0 Å². The maximum absolute atomic E-state index is 13.3. The quantitative estimate of drug-likeness (QED) is 0.900. The maximum atomic E-state index is 13.3. The molecule has 0 aliphatic heterocycles. The SMILES string of the molecule is COC1=C[C@@H]2C(=O)[C@@H]([C@H](c3ccccc3)[C@H]2C)[C@]1(O)c1cccc(OC)c1. The number of allylic oxidation sites excluding steroid dienone is 1. The Balaban J connectivity index is 1.92. The molecule has 0 heterocycles. The van der Waals surface area contributed by atoms with Gasteiger partial charge in [-0.1, -0.05) is 49.4 Å². The Bertz CT molecular complexity index is 888. The Kier molecular flexibility index (Phi) is 4.31. The number of Topliss-reactive ketones (excluding diaryl/α,β-unsaturated/α-hetero) is 1. The minimum atomic E-state index is -1.53. The van der Waals surface area contributed by atoms with Crippen LogP contribution in [0, 0.1) is 17.8 Å². The number of hydrogen-bond acceptors (Lipinski definition) is 4. The third kappa shape index (κ3) is 2.51. The van der Waals surface area contributed by atoms with Crippen LogP contribution in [-0.4, -0.2) is 25.1 Å². The zero-order valence-electron chi connectivity index (χ0n) is 15.8. The van der Waals surface area contributed by atoms with Gasteiger partial charge in [-0.3, -0.25) is 4.79 Å². The van der Waals surface area contributed by atoms with E-state index in [9.17, 15) is 9.90 Å². The summed E-state index contributed by atoms with van der Waals surface area (Å²) in [6.45, 7) is 2.08. The minimum absolute atomic E-state index is 0.0717. The van der Waals surface area contributed by atoms with Crippen LogP contribution in [0.15, 0.2) is 66.4 Å². The zero-order valence-corrected chi connectivity index (χ0v) is 15.8. The van der Waals surface area contributed by atoms with Crippen LogP contribution in [-0.2, 0) is 15.1 Å². The number of ketones is 1. The Morgan fingerprint density at radius 2 is 1.74 bits per heavy atom. The molecule has 27 heavy (non-hydrogen) atoms. The summed E-state index contributed by atoms with van der Waals surface area (Å²) in [7, 11) is 3.14. The fourth-order valence-electron chi connectivity index (χ4n) is 4.89. The van der Waals surface area contributed by atoms with Gasteiger partial charge in [0.1, 0.15) is 17.3 Å². The molecule has 140 valence electrons. The molecule has 1 fully saturated rings. The molecule has 4 nitrogen and oxygen atoms in total.